The summed E-state index contributed by atoms with van der Waals surface area (Å²) in [6.45, 7) is 5.76. The molecule has 1 N–H and O–H groups in total. The van der Waals surface area contributed by atoms with E-state index in [-0.39, 0.29) is 11.8 Å². The molecule has 0 radical (unpaired) electrons. The number of rotatable bonds is 8. The summed E-state index contributed by atoms with van der Waals surface area (Å²) in [6, 6.07) is 4.49. The van der Waals surface area contributed by atoms with Crippen LogP contribution in [0.5, 0.6) is 0 Å². The molecule has 1 saturated carbocycles. The van der Waals surface area contributed by atoms with Gasteiger partial charge in [-0.3, -0.25) is 4.79 Å². The van der Waals surface area contributed by atoms with E-state index in [2.05, 4.69) is 5.32 Å². The van der Waals surface area contributed by atoms with Crippen LogP contribution in [0.15, 0.2) is 18.2 Å². The molecule has 0 unspecified atom stereocenters. The Balaban J connectivity index is 1.37. The van der Waals surface area contributed by atoms with Gasteiger partial charge in [-0.1, -0.05) is 0 Å². The first-order valence-corrected chi connectivity index (χ1v) is 9.70. The first-order chi connectivity index (χ1) is 13.0. The van der Waals surface area contributed by atoms with Crippen molar-refractivity contribution in [2.75, 3.05) is 50.8 Å². The van der Waals surface area contributed by atoms with Crippen LogP contribution in [0.1, 0.15) is 36.5 Å². The van der Waals surface area contributed by atoms with E-state index in [1.165, 1.54) is 25.8 Å². The third-order valence-corrected chi connectivity index (χ3v) is 5.05. The van der Waals surface area contributed by atoms with Gasteiger partial charge in [-0.2, -0.15) is 0 Å². The summed E-state index contributed by atoms with van der Waals surface area (Å²) in [7, 11) is 0. The second kappa shape index (κ2) is 9.17. The summed E-state index contributed by atoms with van der Waals surface area (Å²) < 4.78 is 19.8. The highest BCUT2D eigenvalue weighted by Crippen LogP contribution is 2.28. The number of ether oxygens (including phenoxy) is 1. The van der Waals surface area contributed by atoms with Gasteiger partial charge in [0.25, 0.3) is 0 Å². The molecular weight excluding hydrogens is 349 g/mol. The van der Waals surface area contributed by atoms with Gasteiger partial charge in [0.05, 0.1) is 5.69 Å². The molecule has 1 heterocycles. The summed E-state index contributed by atoms with van der Waals surface area (Å²) >= 11 is 0. The van der Waals surface area contributed by atoms with Gasteiger partial charge in [0.15, 0.2) is 5.78 Å². The van der Waals surface area contributed by atoms with Crippen LogP contribution >= 0.6 is 0 Å². The Kier molecular flexibility index (Phi) is 6.66. The fourth-order valence-corrected chi connectivity index (χ4v) is 3.15. The SMILES string of the molecule is CC(=O)c1ccc(N2CCN(C(=O)NCCCOCC3CC3)CC2)c(F)c1. The zero-order valence-corrected chi connectivity index (χ0v) is 15.9. The molecule has 2 amide bonds. The Morgan fingerprint density at radius 1 is 1.22 bits per heavy atom. The number of piperazine rings is 1. The quantitative estimate of drug-likeness (QED) is 0.559. The fraction of sp³-hybridized carbons (Fsp3) is 0.600. The molecule has 27 heavy (non-hydrogen) atoms. The van der Waals surface area contributed by atoms with Crippen LogP contribution in [0, 0.1) is 11.7 Å². The van der Waals surface area contributed by atoms with E-state index in [9.17, 15) is 14.0 Å². The summed E-state index contributed by atoms with van der Waals surface area (Å²) in [5, 5.41) is 2.92. The zero-order chi connectivity index (χ0) is 19.2. The van der Waals surface area contributed by atoms with Gasteiger partial charge in [0.1, 0.15) is 5.82 Å². The van der Waals surface area contributed by atoms with Gasteiger partial charge in [0, 0.05) is 51.5 Å². The number of Topliss-reactive ketones (excluding diaryl/α,β-unsaturated/α-hetero) is 1. The predicted molar refractivity (Wildman–Crippen MR) is 102 cm³/mol. The standard InChI is InChI=1S/C20H28FN3O3/c1-15(25)17-5-6-19(18(21)13-17)23-8-10-24(11-9-23)20(26)22-7-2-12-27-14-16-3-4-16/h5-6,13,16H,2-4,7-12,14H2,1H3,(H,22,26). The largest absolute Gasteiger partial charge is 0.381 e. The van der Waals surface area contributed by atoms with Crippen molar-refractivity contribution in [1.82, 2.24) is 10.2 Å². The molecule has 1 aliphatic carbocycles. The summed E-state index contributed by atoms with van der Waals surface area (Å²) in [4.78, 5) is 27.2. The number of carbonyl (C=O) groups excluding carboxylic acids is 2. The lowest BCUT2D eigenvalue weighted by Crippen LogP contribution is -2.52. The van der Waals surface area contributed by atoms with Gasteiger partial charge in [-0.05, 0) is 50.3 Å². The van der Waals surface area contributed by atoms with Crippen molar-refractivity contribution in [2.45, 2.75) is 26.2 Å². The molecule has 1 saturated heterocycles. The molecule has 1 aliphatic heterocycles. The molecule has 7 heteroatoms. The molecule has 1 aromatic carbocycles. The molecule has 0 atom stereocenters. The van der Waals surface area contributed by atoms with Crippen LogP contribution in [0.4, 0.5) is 14.9 Å². The van der Waals surface area contributed by atoms with Gasteiger partial charge >= 0.3 is 6.03 Å². The molecule has 0 aromatic heterocycles. The van der Waals surface area contributed by atoms with E-state index in [4.69, 9.17) is 4.74 Å². The van der Waals surface area contributed by atoms with E-state index in [1.807, 2.05) is 4.90 Å². The second-order valence-electron chi connectivity index (χ2n) is 7.30. The normalized spacial score (nSPS) is 17.1. The van der Waals surface area contributed by atoms with E-state index < -0.39 is 5.82 Å². The van der Waals surface area contributed by atoms with Crippen LogP contribution in [0.25, 0.3) is 0 Å². The van der Waals surface area contributed by atoms with Crippen molar-refractivity contribution in [2.24, 2.45) is 5.92 Å². The van der Waals surface area contributed by atoms with Crippen molar-refractivity contribution >= 4 is 17.5 Å². The number of hydrogen-bond donors (Lipinski definition) is 1. The minimum Gasteiger partial charge on any atom is -0.381 e. The van der Waals surface area contributed by atoms with Crippen molar-refractivity contribution < 1.29 is 18.7 Å². The maximum Gasteiger partial charge on any atom is 0.317 e. The number of carbonyl (C=O) groups is 2. The highest BCUT2D eigenvalue weighted by Gasteiger charge is 2.23. The van der Waals surface area contributed by atoms with Crippen molar-refractivity contribution in [3.05, 3.63) is 29.6 Å². The average molecular weight is 377 g/mol. The maximum atomic E-state index is 14.3. The number of anilines is 1. The molecule has 1 aromatic rings. The van der Waals surface area contributed by atoms with Crippen LogP contribution in [-0.2, 0) is 4.74 Å². The maximum absolute atomic E-state index is 14.3. The van der Waals surface area contributed by atoms with Crippen LogP contribution < -0.4 is 10.2 Å². The summed E-state index contributed by atoms with van der Waals surface area (Å²) in [5.41, 5.74) is 0.850. The predicted octanol–water partition coefficient (Wildman–Crippen LogP) is 2.68. The van der Waals surface area contributed by atoms with Crippen molar-refractivity contribution in [3.63, 3.8) is 0 Å². The van der Waals surface area contributed by atoms with Gasteiger partial charge in [-0.15, -0.1) is 0 Å². The van der Waals surface area contributed by atoms with Gasteiger partial charge in [-0.25, -0.2) is 9.18 Å². The summed E-state index contributed by atoms with van der Waals surface area (Å²) in [5.74, 6) is 0.214. The average Bonchev–Trinajstić information content (AvgIpc) is 3.49. The molecular formula is C20H28FN3O3. The smallest absolute Gasteiger partial charge is 0.317 e. The Hall–Kier alpha value is -2.15. The first-order valence-electron chi connectivity index (χ1n) is 9.70. The topological polar surface area (TPSA) is 61.9 Å². The molecule has 6 nitrogen and oxygen atoms in total. The zero-order valence-electron chi connectivity index (χ0n) is 15.9. The fourth-order valence-electron chi connectivity index (χ4n) is 3.15. The second-order valence-corrected chi connectivity index (χ2v) is 7.30. The Morgan fingerprint density at radius 3 is 2.59 bits per heavy atom. The van der Waals surface area contributed by atoms with Crippen molar-refractivity contribution in [1.29, 1.82) is 0 Å². The molecule has 148 valence electrons. The molecule has 2 aliphatic rings. The highest BCUT2D eigenvalue weighted by atomic mass is 19.1. The minimum absolute atomic E-state index is 0.0794. The molecule has 2 fully saturated rings. The Bertz CT molecular complexity index is 670. The lowest BCUT2D eigenvalue weighted by molar-refractivity contribution is 0.101. The number of urea groups is 1. The number of ketones is 1. The van der Waals surface area contributed by atoms with E-state index in [0.29, 0.717) is 50.6 Å². The first kappa shape index (κ1) is 19.6. The summed E-state index contributed by atoms with van der Waals surface area (Å²) in [6.07, 6.45) is 3.38. The molecule has 3 rings (SSSR count). The number of nitrogens with one attached hydrogen (secondary N) is 1. The highest BCUT2D eigenvalue weighted by molar-refractivity contribution is 5.94. The van der Waals surface area contributed by atoms with Crippen LogP contribution in [0.3, 0.4) is 0 Å². The third kappa shape index (κ3) is 5.66. The molecule has 0 bridgehead atoms. The lowest BCUT2D eigenvalue weighted by Gasteiger charge is -2.36. The van der Waals surface area contributed by atoms with E-state index in [1.54, 1.807) is 17.0 Å². The van der Waals surface area contributed by atoms with E-state index in [0.717, 1.165) is 18.9 Å². The Labute approximate surface area is 159 Å². The number of hydrogen-bond acceptors (Lipinski definition) is 4. The van der Waals surface area contributed by atoms with Crippen LogP contribution in [0.2, 0.25) is 0 Å². The van der Waals surface area contributed by atoms with Crippen molar-refractivity contribution in [3.8, 4) is 0 Å². The number of benzene rings is 1. The number of nitrogens with zero attached hydrogens (tertiary/aromatic N) is 2. The van der Waals surface area contributed by atoms with E-state index >= 15 is 0 Å². The van der Waals surface area contributed by atoms with Gasteiger partial charge in [0.2, 0.25) is 0 Å². The van der Waals surface area contributed by atoms with Gasteiger partial charge < -0.3 is 19.9 Å². The number of amides is 2. The monoisotopic (exact) mass is 377 g/mol. The minimum atomic E-state index is -0.396. The third-order valence-electron chi connectivity index (χ3n) is 5.05. The molecule has 0 spiro atoms. The lowest BCUT2D eigenvalue weighted by atomic mass is 10.1. The van der Waals surface area contributed by atoms with Crippen LogP contribution in [-0.4, -0.2) is 62.7 Å². The number of halogens is 1. The Morgan fingerprint density at radius 2 is 1.96 bits per heavy atom.